The lowest BCUT2D eigenvalue weighted by molar-refractivity contribution is -0.117. The third-order valence-corrected chi connectivity index (χ3v) is 7.60. The molecule has 2 atom stereocenters. The van der Waals surface area contributed by atoms with E-state index in [2.05, 4.69) is 86.9 Å². The average molecular weight is 586 g/mol. The number of rotatable bonds is 17. The summed E-state index contributed by atoms with van der Waals surface area (Å²) in [4.78, 5) is 22.4. The molecule has 0 spiro atoms. The summed E-state index contributed by atoms with van der Waals surface area (Å²) in [5.41, 5.74) is 14.5. The van der Waals surface area contributed by atoms with Crippen molar-refractivity contribution in [3.05, 3.63) is 94.1 Å². The van der Waals surface area contributed by atoms with Gasteiger partial charge in [-0.15, -0.1) is 0 Å². The highest BCUT2D eigenvalue weighted by Crippen LogP contribution is 2.27. The number of likely N-dealkylation sites (N-methyl/N-ethyl adjacent to an activating group) is 1. The molecule has 0 aliphatic heterocycles. The number of hydrogen-bond acceptors (Lipinski definition) is 7. The Balaban J connectivity index is 2.11. The van der Waals surface area contributed by atoms with E-state index in [0.717, 1.165) is 54.4 Å². The van der Waals surface area contributed by atoms with Gasteiger partial charge in [-0.25, -0.2) is 9.97 Å². The van der Waals surface area contributed by atoms with Crippen LogP contribution in [0.25, 0.3) is 0 Å². The Labute approximate surface area is 258 Å². The van der Waals surface area contributed by atoms with Gasteiger partial charge in [-0.2, -0.15) is 0 Å². The quantitative estimate of drug-likeness (QED) is 0.0616. The number of nitrogens with one attached hydrogen (secondary N) is 4. The van der Waals surface area contributed by atoms with E-state index in [1.54, 1.807) is 20.0 Å². The van der Waals surface area contributed by atoms with Gasteiger partial charge < -0.3 is 27.1 Å². The van der Waals surface area contributed by atoms with Crippen LogP contribution in [0.3, 0.4) is 0 Å². The number of amides is 1. The number of allylic oxidation sites excluding steroid dienone is 3. The highest BCUT2D eigenvalue weighted by atomic mass is 16.1. The van der Waals surface area contributed by atoms with E-state index in [9.17, 15) is 4.79 Å². The molecule has 8 heteroatoms. The number of hydrogen-bond donors (Lipinski definition) is 5. The van der Waals surface area contributed by atoms with Crippen LogP contribution in [0, 0.1) is 31.1 Å². The van der Waals surface area contributed by atoms with Gasteiger partial charge in [0.05, 0.1) is 11.3 Å². The number of aromatic nitrogens is 2. The van der Waals surface area contributed by atoms with Crippen LogP contribution in [0.5, 0.6) is 0 Å². The Hall–Kier alpha value is -4.20. The molecule has 0 fully saturated rings. The highest BCUT2D eigenvalue weighted by Gasteiger charge is 2.20. The molecule has 1 aromatic carbocycles. The average Bonchev–Trinajstić information content (AvgIpc) is 2.95. The summed E-state index contributed by atoms with van der Waals surface area (Å²) in [6.07, 6.45) is 8.98. The Kier molecular flexibility index (Phi) is 13.9. The fourth-order valence-electron chi connectivity index (χ4n) is 5.19. The molecule has 2 unspecified atom stereocenters. The number of anilines is 2. The van der Waals surface area contributed by atoms with E-state index >= 15 is 0 Å². The fraction of sp³-hybridized carbons (Fsp3) is 0.429. The van der Waals surface area contributed by atoms with Gasteiger partial charge in [-0.3, -0.25) is 4.79 Å². The molecular formula is C35H51N7O. The number of aryl methyl sites for hydroxylation is 3. The number of nitrogens with two attached hydrogens (primary N) is 1. The van der Waals surface area contributed by atoms with Crippen molar-refractivity contribution in [2.24, 2.45) is 17.6 Å². The van der Waals surface area contributed by atoms with Gasteiger partial charge >= 0.3 is 0 Å². The van der Waals surface area contributed by atoms with E-state index in [-0.39, 0.29) is 17.4 Å². The summed E-state index contributed by atoms with van der Waals surface area (Å²) < 4.78 is 0. The SMILES string of the molecule is C=C(Cc1nc(Nc2cc(C)cc(C)c2)ncc1CC)CC(CCC)C(C)CNC(=O)/C(C=N)=C/C(C(=C)NC)=C(\C)N. The molecular weight excluding hydrogens is 534 g/mol. The van der Waals surface area contributed by atoms with E-state index in [1.165, 1.54) is 11.1 Å². The first kappa shape index (κ1) is 35.0. The molecule has 6 N–H and O–H groups in total. The first-order valence-electron chi connectivity index (χ1n) is 15.1. The van der Waals surface area contributed by atoms with Crippen LogP contribution in [0.4, 0.5) is 11.6 Å². The standard InChI is InChI=1S/C35H51N7O/c1-10-12-29(25(6)20-39-34(43)30(19-36)18-32(26(7)37)27(8)38-9)14-24(5)17-33-28(11-2)21-40-35(42-33)41-31-15-22(3)13-23(4)16-31/h13,15-16,18-19,21,25,29,36,38H,5,8,10-12,14,17,20,37H2,1-4,6-7,9H3,(H,39,43)(H,40,41,42)/b30-18+,32-26-,36-19?. The van der Waals surface area contributed by atoms with Gasteiger partial charge in [0.15, 0.2) is 0 Å². The summed E-state index contributed by atoms with van der Waals surface area (Å²) in [5.74, 6) is 0.832. The van der Waals surface area contributed by atoms with E-state index in [4.69, 9.17) is 16.1 Å². The van der Waals surface area contributed by atoms with Crippen molar-refractivity contribution in [3.63, 3.8) is 0 Å². The second-order valence-corrected chi connectivity index (χ2v) is 11.5. The van der Waals surface area contributed by atoms with E-state index in [1.807, 2.05) is 6.20 Å². The second kappa shape index (κ2) is 17.0. The maximum Gasteiger partial charge on any atom is 0.252 e. The molecule has 2 aromatic rings. The minimum atomic E-state index is -0.309. The van der Waals surface area contributed by atoms with Crippen LogP contribution in [0.1, 0.15) is 69.3 Å². The molecule has 0 bridgehead atoms. The molecule has 43 heavy (non-hydrogen) atoms. The molecule has 2 rings (SSSR count). The Morgan fingerprint density at radius 3 is 2.40 bits per heavy atom. The van der Waals surface area contributed by atoms with Crippen molar-refractivity contribution in [1.29, 1.82) is 5.41 Å². The van der Waals surface area contributed by atoms with Crippen LogP contribution in [0.2, 0.25) is 0 Å². The normalized spacial score (nSPS) is 13.4. The molecule has 0 aliphatic carbocycles. The van der Waals surface area contributed by atoms with Crippen LogP contribution in [-0.2, 0) is 17.6 Å². The predicted octanol–water partition coefficient (Wildman–Crippen LogP) is 6.60. The van der Waals surface area contributed by atoms with Crippen molar-refractivity contribution in [3.8, 4) is 0 Å². The van der Waals surface area contributed by atoms with Gasteiger partial charge in [-0.1, -0.05) is 58.4 Å². The summed E-state index contributed by atoms with van der Waals surface area (Å²) >= 11 is 0. The van der Waals surface area contributed by atoms with Crippen LogP contribution >= 0.6 is 0 Å². The summed E-state index contributed by atoms with van der Waals surface area (Å²) in [6, 6.07) is 6.32. The predicted molar refractivity (Wildman–Crippen MR) is 181 cm³/mol. The maximum atomic E-state index is 13.0. The van der Waals surface area contributed by atoms with Gasteiger partial charge in [0.1, 0.15) is 0 Å². The third kappa shape index (κ3) is 10.9. The second-order valence-electron chi connectivity index (χ2n) is 11.5. The number of carbonyl (C=O) groups is 1. The molecule has 8 nitrogen and oxygen atoms in total. The maximum absolute atomic E-state index is 13.0. The number of nitrogens with zero attached hydrogens (tertiary/aromatic N) is 2. The summed E-state index contributed by atoms with van der Waals surface area (Å²) in [6.45, 7) is 21.2. The van der Waals surface area contributed by atoms with Gasteiger partial charge in [-0.05, 0) is 80.3 Å². The highest BCUT2D eigenvalue weighted by molar-refractivity contribution is 6.11. The molecule has 0 radical (unpaired) electrons. The molecule has 0 saturated carbocycles. The molecule has 0 saturated heterocycles. The lowest BCUT2D eigenvalue weighted by Crippen LogP contribution is -2.33. The minimum Gasteiger partial charge on any atom is -0.402 e. The molecule has 232 valence electrons. The molecule has 0 aliphatic rings. The van der Waals surface area contributed by atoms with Crippen molar-refractivity contribution >= 4 is 23.8 Å². The van der Waals surface area contributed by atoms with Crippen LogP contribution in [-0.4, -0.2) is 35.7 Å². The smallest absolute Gasteiger partial charge is 0.252 e. The van der Waals surface area contributed by atoms with Crippen LogP contribution < -0.4 is 21.7 Å². The molecule has 1 amide bonds. The Bertz CT molecular complexity index is 1350. The zero-order chi connectivity index (χ0) is 32.1. The lowest BCUT2D eigenvalue weighted by Gasteiger charge is -2.25. The summed E-state index contributed by atoms with van der Waals surface area (Å²) in [5, 5.41) is 17.1. The molecule has 1 aromatic heterocycles. The summed E-state index contributed by atoms with van der Waals surface area (Å²) in [7, 11) is 1.74. The fourth-order valence-corrected chi connectivity index (χ4v) is 5.19. The monoisotopic (exact) mass is 585 g/mol. The first-order valence-corrected chi connectivity index (χ1v) is 15.1. The Morgan fingerprint density at radius 1 is 1.16 bits per heavy atom. The van der Waals surface area contributed by atoms with Crippen molar-refractivity contribution in [2.75, 3.05) is 18.9 Å². The zero-order valence-electron chi connectivity index (χ0n) is 27.2. The minimum absolute atomic E-state index is 0.212. The number of benzene rings is 1. The van der Waals surface area contributed by atoms with E-state index in [0.29, 0.717) is 41.8 Å². The van der Waals surface area contributed by atoms with Crippen LogP contribution in [0.15, 0.2) is 71.7 Å². The van der Waals surface area contributed by atoms with Gasteiger partial charge in [0.2, 0.25) is 5.95 Å². The molecule has 1 heterocycles. The zero-order valence-corrected chi connectivity index (χ0v) is 27.2. The third-order valence-electron chi connectivity index (χ3n) is 7.60. The van der Waals surface area contributed by atoms with Gasteiger partial charge in [0.25, 0.3) is 5.91 Å². The van der Waals surface area contributed by atoms with Gasteiger partial charge in [0, 0.05) is 55.1 Å². The topological polar surface area (TPSA) is 129 Å². The Morgan fingerprint density at radius 2 is 1.84 bits per heavy atom. The van der Waals surface area contributed by atoms with Crippen molar-refractivity contribution in [2.45, 2.75) is 73.6 Å². The van der Waals surface area contributed by atoms with Crippen molar-refractivity contribution < 1.29 is 4.79 Å². The largest absolute Gasteiger partial charge is 0.402 e. The first-order chi connectivity index (χ1) is 20.4. The van der Waals surface area contributed by atoms with E-state index < -0.39 is 0 Å². The van der Waals surface area contributed by atoms with Crippen molar-refractivity contribution in [1.82, 2.24) is 20.6 Å². The number of carbonyl (C=O) groups excluding carboxylic acids is 1. The lowest BCUT2D eigenvalue weighted by atomic mass is 9.83.